The summed E-state index contributed by atoms with van der Waals surface area (Å²) in [6.07, 6.45) is 0. The van der Waals surface area contributed by atoms with E-state index < -0.39 is 0 Å². The number of nitro benzene ring substituents is 1. The zero-order valence-electron chi connectivity index (χ0n) is 11.0. The Hall–Kier alpha value is -1.72. The molecule has 5 heteroatoms. The first-order valence-electron chi connectivity index (χ1n) is 6.29. The van der Waals surface area contributed by atoms with Gasteiger partial charge in [0.05, 0.1) is 4.92 Å². The van der Waals surface area contributed by atoms with Crippen LogP contribution in [0.4, 0.5) is 5.69 Å². The van der Waals surface area contributed by atoms with Gasteiger partial charge in [0, 0.05) is 29.2 Å². The number of benzene rings is 2. The summed E-state index contributed by atoms with van der Waals surface area (Å²) in [4.78, 5) is 10.2. The highest BCUT2D eigenvalue weighted by atomic mass is 79.9. The molecule has 0 radical (unpaired) electrons. The van der Waals surface area contributed by atoms with Crippen molar-refractivity contribution in [3.8, 4) is 0 Å². The zero-order valence-corrected chi connectivity index (χ0v) is 12.6. The van der Waals surface area contributed by atoms with Crippen molar-refractivity contribution in [1.82, 2.24) is 5.32 Å². The predicted octanol–water partition coefficient (Wildman–Crippen LogP) is 4.21. The van der Waals surface area contributed by atoms with Gasteiger partial charge in [-0.3, -0.25) is 10.1 Å². The van der Waals surface area contributed by atoms with Gasteiger partial charge in [0.15, 0.2) is 0 Å². The SMILES string of the molecule is C[C@@H](NCc1ccc([N+](=O)[O-])cc1)c1ccccc1Br. The van der Waals surface area contributed by atoms with Gasteiger partial charge in [0.25, 0.3) is 5.69 Å². The Morgan fingerprint density at radius 3 is 2.45 bits per heavy atom. The van der Waals surface area contributed by atoms with E-state index in [1.807, 2.05) is 18.2 Å². The van der Waals surface area contributed by atoms with Crippen LogP contribution in [0.2, 0.25) is 0 Å². The number of hydrogen-bond donors (Lipinski definition) is 1. The molecule has 1 N–H and O–H groups in total. The van der Waals surface area contributed by atoms with E-state index in [4.69, 9.17) is 0 Å². The molecule has 1 atom stereocenters. The summed E-state index contributed by atoms with van der Waals surface area (Å²) in [5, 5.41) is 14.0. The predicted molar refractivity (Wildman–Crippen MR) is 82.5 cm³/mol. The highest BCUT2D eigenvalue weighted by Crippen LogP contribution is 2.23. The van der Waals surface area contributed by atoms with Gasteiger partial charge in [0.1, 0.15) is 0 Å². The maximum Gasteiger partial charge on any atom is 0.269 e. The van der Waals surface area contributed by atoms with Gasteiger partial charge in [0.2, 0.25) is 0 Å². The largest absolute Gasteiger partial charge is 0.306 e. The van der Waals surface area contributed by atoms with Crippen LogP contribution in [0, 0.1) is 10.1 Å². The zero-order chi connectivity index (χ0) is 14.5. The van der Waals surface area contributed by atoms with Crippen LogP contribution in [0.25, 0.3) is 0 Å². The highest BCUT2D eigenvalue weighted by molar-refractivity contribution is 9.10. The summed E-state index contributed by atoms with van der Waals surface area (Å²) in [6, 6.07) is 14.9. The van der Waals surface area contributed by atoms with E-state index >= 15 is 0 Å². The van der Waals surface area contributed by atoms with Gasteiger partial charge < -0.3 is 5.32 Å². The first-order chi connectivity index (χ1) is 9.58. The minimum absolute atomic E-state index is 0.118. The molecule has 0 unspecified atom stereocenters. The minimum atomic E-state index is -0.388. The molecule has 2 rings (SSSR count). The van der Waals surface area contributed by atoms with E-state index in [0.717, 1.165) is 10.0 Å². The minimum Gasteiger partial charge on any atom is -0.306 e. The molecule has 0 spiro atoms. The van der Waals surface area contributed by atoms with E-state index in [9.17, 15) is 10.1 Å². The monoisotopic (exact) mass is 334 g/mol. The number of non-ortho nitro benzene ring substituents is 1. The summed E-state index contributed by atoms with van der Waals surface area (Å²) in [6.45, 7) is 2.76. The van der Waals surface area contributed by atoms with Crippen molar-refractivity contribution < 1.29 is 4.92 Å². The summed E-state index contributed by atoms with van der Waals surface area (Å²) in [5.41, 5.74) is 2.33. The smallest absolute Gasteiger partial charge is 0.269 e. The molecule has 0 aliphatic carbocycles. The van der Waals surface area contributed by atoms with E-state index in [2.05, 4.69) is 34.2 Å². The lowest BCUT2D eigenvalue weighted by Crippen LogP contribution is -2.18. The van der Waals surface area contributed by atoms with Crippen molar-refractivity contribution >= 4 is 21.6 Å². The molecule has 0 amide bonds. The standard InChI is InChI=1S/C15H15BrN2O2/c1-11(14-4-2-3-5-15(14)16)17-10-12-6-8-13(9-7-12)18(19)20/h2-9,11,17H,10H2,1H3/t11-/m1/s1. The van der Waals surface area contributed by atoms with Crippen molar-refractivity contribution in [3.05, 3.63) is 74.2 Å². The van der Waals surface area contributed by atoms with E-state index in [1.54, 1.807) is 12.1 Å². The molecule has 20 heavy (non-hydrogen) atoms. The average molecular weight is 335 g/mol. The normalized spacial score (nSPS) is 12.1. The Kier molecular flexibility index (Phi) is 4.87. The maximum absolute atomic E-state index is 10.6. The van der Waals surface area contributed by atoms with Crippen LogP contribution in [-0.2, 0) is 6.54 Å². The van der Waals surface area contributed by atoms with Gasteiger partial charge in [-0.2, -0.15) is 0 Å². The quantitative estimate of drug-likeness (QED) is 0.658. The molecule has 0 aromatic heterocycles. The number of hydrogen-bond acceptors (Lipinski definition) is 3. The second-order valence-electron chi connectivity index (χ2n) is 4.55. The van der Waals surface area contributed by atoms with Crippen LogP contribution in [-0.4, -0.2) is 4.92 Å². The Labute approximate surface area is 126 Å². The lowest BCUT2D eigenvalue weighted by atomic mass is 10.1. The van der Waals surface area contributed by atoms with Crippen molar-refractivity contribution in [2.45, 2.75) is 19.5 Å². The summed E-state index contributed by atoms with van der Waals surface area (Å²) >= 11 is 3.53. The topological polar surface area (TPSA) is 55.2 Å². The van der Waals surface area contributed by atoms with Gasteiger partial charge in [-0.15, -0.1) is 0 Å². The number of nitrogens with one attached hydrogen (secondary N) is 1. The summed E-state index contributed by atoms with van der Waals surface area (Å²) in [7, 11) is 0. The Balaban J connectivity index is 1.98. The maximum atomic E-state index is 10.6. The van der Waals surface area contributed by atoms with E-state index in [0.29, 0.717) is 6.54 Å². The first-order valence-corrected chi connectivity index (χ1v) is 7.08. The lowest BCUT2D eigenvalue weighted by Gasteiger charge is -2.15. The molecule has 2 aromatic rings. The molecule has 0 bridgehead atoms. The third kappa shape index (κ3) is 3.65. The third-order valence-corrected chi connectivity index (χ3v) is 3.85. The highest BCUT2D eigenvalue weighted by Gasteiger charge is 2.09. The molecule has 0 saturated carbocycles. The van der Waals surface area contributed by atoms with Crippen LogP contribution in [0.3, 0.4) is 0 Å². The van der Waals surface area contributed by atoms with Crippen molar-refractivity contribution in [3.63, 3.8) is 0 Å². The van der Waals surface area contributed by atoms with Crippen molar-refractivity contribution in [2.24, 2.45) is 0 Å². The number of nitrogens with zero attached hydrogens (tertiary/aromatic N) is 1. The molecule has 0 aliphatic heterocycles. The van der Waals surface area contributed by atoms with E-state index in [1.165, 1.54) is 17.7 Å². The molecule has 0 heterocycles. The Bertz CT molecular complexity index is 599. The average Bonchev–Trinajstić information content (AvgIpc) is 2.45. The van der Waals surface area contributed by atoms with Crippen LogP contribution < -0.4 is 5.32 Å². The fourth-order valence-corrected chi connectivity index (χ4v) is 2.57. The van der Waals surface area contributed by atoms with Crippen LogP contribution in [0.15, 0.2) is 53.0 Å². The Morgan fingerprint density at radius 1 is 1.20 bits per heavy atom. The first kappa shape index (κ1) is 14.7. The van der Waals surface area contributed by atoms with Crippen molar-refractivity contribution in [2.75, 3.05) is 0 Å². The van der Waals surface area contributed by atoms with Gasteiger partial charge >= 0.3 is 0 Å². The summed E-state index contributed by atoms with van der Waals surface area (Å²) < 4.78 is 1.07. The molecular weight excluding hydrogens is 320 g/mol. The second kappa shape index (κ2) is 6.63. The molecule has 104 valence electrons. The molecule has 0 saturated heterocycles. The molecule has 2 aromatic carbocycles. The van der Waals surface area contributed by atoms with Crippen LogP contribution in [0.5, 0.6) is 0 Å². The summed E-state index contributed by atoms with van der Waals surface area (Å²) in [5.74, 6) is 0. The number of halogens is 1. The van der Waals surface area contributed by atoms with Gasteiger partial charge in [-0.1, -0.05) is 46.3 Å². The fourth-order valence-electron chi connectivity index (χ4n) is 1.94. The molecule has 0 fully saturated rings. The second-order valence-corrected chi connectivity index (χ2v) is 5.40. The van der Waals surface area contributed by atoms with Gasteiger partial charge in [-0.25, -0.2) is 0 Å². The van der Waals surface area contributed by atoms with Crippen LogP contribution in [0.1, 0.15) is 24.1 Å². The number of rotatable bonds is 5. The Morgan fingerprint density at radius 2 is 1.85 bits per heavy atom. The van der Waals surface area contributed by atoms with Crippen LogP contribution >= 0.6 is 15.9 Å². The van der Waals surface area contributed by atoms with Crippen molar-refractivity contribution in [1.29, 1.82) is 0 Å². The molecular formula is C15H15BrN2O2. The van der Waals surface area contributed by atoms with E-state index in [-0.39, 0.29) is 16.7 Å². The fraction of sp³-hybridized carbons (Fsp3) is 0.200. The van der Waals surface area contributed by atoms with Gasteiger partial charge in [-0.05, 0) is 24.1 Å². The molecule has 4 nitrogen and oxygen atoms in total. The third-order valence-electron chi connectivity index (χ3n) is 3.13. The molecule has 0 aliphatic rings. The number of nitro groups is 1. The lowest BCUT2D eigenvalue weighted by molar-refractivity contribution is -0.384.